The number of aryl methyl sites for hydroxylation is 1. The third kappa shape index (κ3) is 3.13. The second kappa shape index (κ2) is 6.61. The van der Waals surface area contributed by atoms with E-state index in [4.69, 9.17) is 0 Å². The zero-order valence-corrected chi connectivity index (χ0v) is 13.4. The van der Waals surface area contributed by atoms with Crippen LogP contribution in [0, 0.1) is 5.41 Å². The van der Waals surface area contributed by atoms with Gasteiger partial charge in [0.15, 0.2) is 0 Å². The molecule has 0 aromatic heterocycles. The lowest BCUT2D eigenvalue weighted by Gasteiger charge is -2.29. The van der Waals surface area contributed by atoms with Crippen molar-refractivity contribution in [1.29, 1.82) is 0 Å². The molecule has 0 amide bonds. The zero-order valence-electron chi connectivity index (χ0n) is 13.4. The molecule has 1 aromatic rings. The van der Waals surface area contributed by atoms with E-state index in [0.29, 0.717) is 19.0 Å². The number of carboxylic acids is 1. The fraction of sp³-hybridized carbons (Fsp3) is 0.611. The monoisotopic (exact) mass is 289 g/mol. The summed E-state index contributed by atoms with van der Waals surface area (Å²) in [6.07, 6.45) is 3.55. The van der Waals surface area contributed by atoms with Crippen LogP contribution in [0.25, 0.3) is 0 Å². The van der Waals surface area contributed by atoms with Crippen LogP contribution in [-0.4, -0.2) is 29.1 Å². The van der Waals surface area contributed by atoms with Gasteiger partial charge in [0.1, 0.15) is 0 Å². The largest absolute Gasteiger partial charge is 0.481 e. The highest BCUT2D eigenvalue weighted by Gasteiger charge is 2.44. The van der Waals surface area contributed by atoms with Gasteiger partial charge >= 0.3 is 5.97 Å². The van der Waals surface area contributed by atoms with Crippen LogP contribution in [0.3, 0.4) is 0 Å². The van der Waals surface area contributed by atoms with Crippen molar-refractivity contribution < 1.29 is 9.90 Å². The average molecular weight is 289 g/mol. The molecule has 2 atom stereocenters. The van der Waals surface area contributed by atoms with Crippen LogP contribution in [-0.2, 0) is 11.2 Å². The van der Waals surface area contributed by atoms with E-state index in [1.54, 1.807) is 0 Å². The van der Waals surface area contributed by atoms with Gasteiger partial charge in [0.25, 0.3) is 0 Å². The fourth-order valence-electron chi connectivity index (χ4n) is 3.47. The fourth-order valence-corrected chi connectivity index (χ4v) is 3.47. The van der Waals surface area contributed by atoms with Gasteiger partial charge in [0.2, 0.25) is 0 Å². The number of likely N-dealkylation sites (tertiary alicyclic amines) is 1. The summed E-state index contributed by atoms with van der Waals surface area (Å²) in [5.41, 5.74) is 2.12. The Balaban J connectivity index is 2.17. The summed E-state index contributed by atoms with van der Waals surface area (Å²) >= 11 is 0. The van der Waals surface area contributed by atoms with Crippen molar-refractivity contribution in [2.75, 3.05) is 13.1 Å². The van der Waals surface area contributed by atoms with E-state index >= 15 is 0 Å². The minimum atomic E-state index is -0.635. The molecule has 1 aromatic carbocycles. The van der Waals surface area contributed by atoms with Crippen molar-refractivity contribution in [3.8, 4) is 0 Å². The summed E-state index contributed by atoms with van der Waals surface area (Å²) in [4.78, 5) is 14.0. The Hall–Kier alpha value is -1.35. The smallest absolute Gasteiger partial charge is 0.310 e. The van der Waals surface area contributed by atoms with Gasteiger partial charge in [0.05, 0.1) is 5.41 Å². The van der Waals surface area contributed by atoms with Crippen molar-refractivity contribution in [2.45, 2.75) is 52.5 Å². The lowest BCUT2D eigenvalue weighted by molar-refractivity contribution is -0.148. The van der Waals surface area contributed by atoms with E-state index in [1.807, 2.05) is 6.92 Å². The second-order valence-corrected chi connectivity index (χ2v) is 6.18. The molecule has 3 heteroatoms. The van der Waals surface area contributed by atoms with E-state index in [9.17, 15) is 9.90 Å². The predicted octanol–water partition coefficient (Wildman–Crippen LogP) is 3.89. The standard InChI is InChI=1S/C18H27NO2/c1-4-14-7-9-15(10-8-14)16(5-2)19-12-11-18(6-3,13-19)17(20)21/h7-10,16H,4-6,11-13H2,1-3H3,(H,20,21). The molecule has 1 fully saturated rings. The molecule has 0 radical (unpaired) electrons. The van der Waals surface area contributed by atoms with Gasteiger partial charge in [0, 0.05) is 12.6 Å². The van der Waals surface area contributed by atoms with Crippen LogP contribution in [0.1, 0.15) is 57.2 Å². The molecule has 0 bridgehead atoms. The molecule has 1 heterocycles. The topological polar surface area (TPSA) is 40.5 Å². The molecule has 21 heavy (non-hydrogen) atoms. The highest BCUT2D eigenvalue weighted by atomic mass is 16.4. The molecule has 1 aliphatic heterocycles. The molecule has 0 spiro atoms. The number of hydrogen-bond acceptors (Lipinski definition) is 2. The molecule has 1 N–H and O–H groups in total. The van der Waals surface area contributed by atoms with Crippen molar-refractivity contribution in [3.63, 3.8) is 0 Å². The normalized spacial score (nSPS) is 24.1. The van der Waals surface area contributed by atoms with Crippen molar-refractivity contribution in [2.24, 2.45) is 5.41 Å². The third-order valence-corrected chi connectivity index (χ3v) is 5.11. The third-order valence-electron chi connectivity index (χ3n) is 5.11. The van der Waals surface area contributed by atoms with Crippen LogP contribution in [0.15, 0.2) is 24.3 Å². The molecule has 1 saturated heterocycles. The number of carbonyl (C=O) groups is 1. The van der Waals surface area contributed by atoms with Gasteiger partial charge in [-0.05, 0) is 43.4 Å². The van der Waals surface area contributed by atoms with Gasteiger partial charge in [-0.2, -0.15) is 0 Å². The molecule has 116 valence electrons. The lowest BCUT2D eigenvalue weighted by atomic mass is 9.84. The van der Waals surface area contributed by atoms with Gasteiger partial charge in [-0.1, -0.05) is 45.0 Å². The van der Waals surface area contributed by atoms with E-state index in [-0.39, 0.29) is 0 Å². The van der Waals surface area contributed by atoms with Crippen LogP contribution < -0.4 is 0 Å². The second-order valence-electron chi connectivity index (χ2n) is 6.18. The SMILES string of the molecule is CCc1ccc(C(CC)N2CCC(CC)(C(=O)O)C2)cc1. The zero-order chi connectivity index (χ0) is 15.5. The Labute approximate surface area is 128 Å². The Bertz CT molecular complexity index is 482. The number of carboxylic acid groups (broad SMARTS) is 1. The number of nitrogens with zero attached hydrogens (tertiary/aromatic N) is 1. The van der Waals surface area contributed by atoms with Crippen molar-refractivity contribution in [3.05, 3.63) is 35.4 Å². The maximum absolute atomic E-state index is 11.6. The number of rotatable bonds is 6. The van der Waals surface area contributed by atoms with Gasteiger partial charge < -0.3 is 5.11 Å². The van der Waals surface area contributed by atoms with Crippen LogP contribution in [0.2, 0.25) is 0 Å². The first-order valence-corrected chi connectivity index (χ1v) is 8.12. The Morgan fingerprint density at radius 2 is 1.95 bits per heavy atom. The van der Waals surface area contributed by atoms with Crippen molar-refractivity contribution in [1.82, 2.24) is 4.90 Å². The summed E-state index contributed by atoms with van der Waals surface area (Å²) in [5, 5.41) is 9.55. The van der Waals surface area contributed by atoms with Crippen LogP contribution >= 0.6 is 0 Å². The average Bonchev–Trinajstić information content (AvgIpc) is 2.94. The summed E-state index contributed by atoms with van der Waals surface area (Å²) in [6.45, 7) is 7.90. The highest BCUT2D eigenvalue weighted by molar-refractivity contribution is 5.75. The Kier molecular flexibility index (Phi) is 5.04. The van der Waals surface area contributed by atoms with Crippen LogP contribution in [0.5, 0.6) is 0 Å². The van der Waals surface area contributed by atoms with E-state index < -0.39 is 11.4 Å². The maximum Gasteiger partial charge on any atom is 0.310 e. The first-order valence-electron chi connectivity index (χ1n) is 8.12. The van der Waals surface area contributed by atoms with E-state index in [1.165, 1.54) is 11.1 Å². The highest BCUT2D eigenvalue weighted by Crippen LogP contribution is 2.39. The molecular weight excluding hydrogens is 262 g/mol. The number of benzene rings is 1. The molecule has 0 saturated carbocycles. The lowest BCUT2D eigenvalue weighted by Crippen LogP contribution is -2.35. The number of hydrogen-bond donors (Lipinski definition) is 1. The molecular formula is C18H27NO2. The summed E-state index contributed by atoms with van der Waals surface area (Å²) in [7, 11) is 0. The minimum Gasteiger partial charge on any atom is -0.481 e. The Morgan fingerprint density at radius 1 is 1.29 bits per heavy atom. The van der Waals surface area contributed by atoms with Gasteiger partial charge in [-0.15, -0.1) is 0 Å². The molecule has 3 nitrogen and oxygen atoms in total. The number of aliphatic carboxylic acids is 1. The minimum absolute atomic E-state index is 0.337. The van der Waals surface area contributed by atoms with Gasteiger partial charge in [-0.25, -0.2) is 0 Å². The molecule has 2 rings (SSSR count). The first-order chi connectivity index (χ1) is 10.1. The molecule has 0 aliphatic carbocycles. The van der Waals surface area contributed by atoms with Crippen LogP contribution in [0.4, 0.5) is 0 Å². The molecule has 1 aliphatic rings. The van der Waals surface area contributed by atoms with E-state index in [2.05, 4.69) is 43.0 Å². The summed E-state index contributed by atoms with van der Waals surface area (Å²) < 4.78 is 0. The van der Waals surface area contributed by atoms with E-state index in [0.717, 1.165) is 25.8 Å². The summed E-state index contributed by atoms with van der Waals surface area (Å²) in [6, 6.07) is 9.14. The quantitative estimate of drug-likeness (QED) is 0.863. The molecule has 2 unspecified atom stereocenters. The Morgan fingerprint density at radius 3 is 2.38 bits per heavy atom. The first kappa shape index (κ1) is 16.0. The maximum atomic E-state index is 11.6. The van der Waals surface area contributed by atoms with Gasteiger partial charge in [-0.3, -0.25) is 9.69 Å². The summed E-state index contributed by atoms with van der Waals surface area (Å²) in [5.74, 6) is -0.635. The van der Waals surface area contributed by atoms with Crippen molar-refractivity contribution >= 4 is 5.97 Å². The predicted molar refractivity (Wildman–Crippen MR) is 85.4 cm³/mol.